The molecule has 2 aliphatic rings. The van der Waals surface area contributed by atoms with Crippen molar-refractivity contribution < 1.29 is 9.59 Å². The second kappa shape index (κ2) is 6.20. The van der Waals surface area contributed by atoms with E-state index in [1.165, 1.54) is 11.0 Å². The number of alkyl halides is 1. The number of rotatable bonds is 1. The van der Waals surface area contributed by atoms with Crippen molar-refractivity contribution in [3.63, 3.8) is 0 Å². The topological polar surface area (TPSA) is 37.4 Å². The van der Waals surface area contributed by atoms with Gasteiger partial charge >= 0.3 is 0 Å². The summed E-state index contributed by atoms with van der Waals surface area (Å²) >= 11 is 24.5. The second-order valence-electron chi connectivity index (χ2n) is 5.61. The number of halogens is 4. The van der Waals surface area contributed by atoms with E-state index in [1.807, 2.05) is 0 Å². The van der Waals surface area contributed by atoms with Gasteiger partial charge in [-0.05, 0) is 18.9 Å². The molecule has 1 aliphatic carbocycles. The van der Waals surface area contributed by atoms with Gasteiger partial charge < -0.3 is 0 Å². The van der Waals surface area contributed by atoms with Crippen molar-refractivity contribution in [2.45, 2.75) is 43.5 Å². The molecule has 3 rings (SSSR count). The highest BCUT2D eigenvalue weighted by molar-refractivity contribution is 6.50. The summed E-state index contributed by atoms with van der Waals surface area (Å²) in [6, 6.07) is 1.09. The summed E-state index contributed by atoms with van der Waals surface area (Å²) in [5.41, 5.74) is 0.340. The minimum atomic E-state index is -0.430. The third kappa shape index (κ3) is 2.52. The van der Waals surface area contributed by atoms with E-state index in [1.54, 1.807) is 0 Å². The molecule has 1 fully saturated rings. The van der Waals surface area contributed by atoms with Crippen molar-refractivity contribution in [2.75, 3.05) is 0 Å². The Morgan fingerprint density at radius 2 is 1.64 bits per heavy atom. The van der Waals surface area contributed by atoms with Gasteiger partial charge in [-0.1, -0.05) is 54.1 Å². The number of fused-ring (bicyclic) bond motifs is 1. The monoisotopic (exact) mass is 379 g/mol. The van der Waals surface area contributed by atoms with Gasteiger partial charge in [0, 0.05) is 0 Å². The third-order valence-electron chi connectivity index (χ3n) is 4.27. The van der Waals surface area contributed by atoms with Crippen LogP contribution < -0.4 is 0 Å². The quantitative estimate of drug-likeness (QED) is 0.291. The Bertz CT molecular complexity index is 661. The van der Waals surface area contributed by atoms with Gasteiger partial charge in [0.25, 0.3) is 11.8 Å². The predicted octanol–water partition coefficient (Wildman–Crippen LogP) is 5.18. The number of imide groups is 1. The Labute approximate surface area is 148 Å². The average Bonchev–Trinajstić information content (AvgIpc) is 2.64. The highest BCUT2D eigenvalue weighted by Gasteiger charge is 2.44. The number of hydrogen-bond acceptors (Lipinski definition) is 2. The molecule has 1 saturated carbocycles. The number of benzene rings is 1. The van der Waals surface area contributed by atoms with E-state index in [4.69, 9.17) is 46.4 Å². The predicted molar refractivity (Wildman–Crippen MR) is 88.5 cm³/mol. The summed E-state index contributed by atoms with van der Waals surface area (Å²) in [4.78, 5) is 26.6. The molecule has 22 heavy (non-hydrogen) atoms. The highest BCUT2D eigenvalue weighted by Crippen LogP contribution is 2.41. The van der Waals surface area contributed by atoms with E-state index in [2.05, 4.69) is 0 Å². The molecule has 2 amide bonds. The molecule has 2 atom stereocenters. The number of hydrogen-bond donors (Lipinski definition) is 0. The highest BCUT2D eigenvalue weighted by atomic mass is 35.5. The molecular weight excluding hydrogens is 368 g/mol. The fourth-order valence-corrected chi connectivity index (χ4v) is 4.23. The van der Waals surface area contributed by atoms with Gasteiger partial charge in [0.2, 0.25) is 0 Å². The molecule has 1 aromatic carbocycles. The number of carbonyl (C=O) groups is 2. The summed E-state index contributed by atoms with van der Waals surface area (Å²) < 4.78 is 0. The van der Waals surface area contributed by atoms with Crippen molar-refractivity contribution in [3.05, 3.63) is 32.3 Å². The van der Waals surface area contributed by atoms with E-state index in [-0.39, 0.29) is 37.6 Å². The first-order valence-electron chi connectivity index (χ1n) is 7.13. The van der Waals surface area contributed by atoms with Crippen LogP contribution in [0.4, 0.5) is 0 Å². The molecule has 3 nitrogen and oxygen atoms in total. The standard InChI is InChI=1S/C15H13Cl4NO2/c16-8-4-2-1-3-5-10(8)20-14(21)7-6-9(17)12(18)13(19)11(7)15(20)22/h6,8,10H,1-5H2. The Morgan fingerprint density at radius 1 is 0.955 bits per heavy atom. The van der Waals surface area contributed by atoms with E-state index in [9.17, 15) is 9.59 Å². The van der Waals surface area contributed by atoms with Crippen LogP contribution in [0.1, 0.15) is 52.8 Å². The molecule has 0 bridgehead atoms. The van der Waals surface area contributed by atoms with Crippen LogP contribution in [0.25, 0.3) is 0 Å². The van der Waals surface area contributed by atoms with E-state index >= 15 is 0 Å². The van der Waals surface area contributed by atoms with Gasteiger partial charge in [-0.15, -0.1) is 11.6 Å². The SMILES string of the molecule is O=C1c2cc(Cl)c(Cl)c(Cl)c2C(=O)N1C1CCCCCC1Cl. The molecule has 1 aromatic rings. The number of amides is 2. The van der Waals surface area contributed by atoms with Crippen LogP contribution in [0.5, 0.6) is 0 Å². The average molecular weight is 381 g/mol. The molecule has 2 unspecified atom stereocenters. The maximum atomic E-state index is 12.7. The van der Waals surface area contributed by atoms with Gasteiger partial charge in [0.05, 0.1) is 37.6 Å². The first-order chi connectivity index (χ1) is 10.4. The molecule has 0 N–H and O–H groups in total. The lowest BCUT2D eigenvalue weighted by Gasteiger charge is -2.28. The summed E-state index contributed by atoms with van der Waals surface area (Å²) in [6.07, 6.45) is 4.50. The fourth-order valence-electron chi connectivity index (χ4n) is 3.15. The lowest BCUT2D eigenvalue weighted by Crippen LogP contribution is -2.44. The largest absolute Gasteiger partial charge is 0.270 e. The van der Waals surface area contributed by atoms with E-state index in [0.717, 1.165) is 25.7 Å². The van der Waals surface area contributed by atoms with Crippen LogP contribution in [-0.4, -0.2) is 28.1 Å². The Morgan fingerprint density at radius 3 is 2.36 bits per heavy atom. The lowest BCUT2D eigenvalue weighted by molar-refractivity contribution is 0.0573. The summed E-state index contributed by atoms with van der Waals surface area (Å²) in [6.45, 7) is 0. The normalized spacial score (nSPS) is 25.4. The maximum absolute atomic E-state index is 12.7. The Hall–Kier alpha value is -0.480. The van der Waals surface area contributed by atoms with E-state index in [0.29, 0.717) is 6.42 Å². The Balaban J connectivity index is 2.05. The van der Waals surface area contributed by atoms with Crippen LogP contribution in [0.15, 0.2) is 6.07 Å². The smallest absolute Gasteiger partial charge is 0.263 e. The third-order valence-corrected chi connectivity index (χ3v) is 6.04. The van der Waals surface area contributed by atoms with Crippen molar-refractivity contribution in [1.29, 1.82) is 0 Å². The van der Waals surface area contributed by atoms with Crippen molar-refractivity contribution in [1.82, 2.24) is 4.90 Å². The van der Waals surface area contributed by atoms with E-state index < -0.39 is 11.8 Å². The Kier molecular flexibility index (Phi) is 4.61. The van der Waals surface area contributed by atoms with Gasteiger partial charge in [0.1, 0.15) is 0 Å². The number of nitrogens with zero attached hydrogens (tertiary/aromatic N) is 1. The lowest BCUT2D eigenvalue weighted by atomic mass is 10.1. The number of carbonyl (C=O) groups excluding carboxylic acids is 2. The summed E-state index contributed by atoms with van der Waals surface area (Å²) in [5, 5.41) is 0.0456. The maximum Gasteiger partial charge on any atom is 0.263 e. The molecule has 0 spiro atoms. The molecule has 0 saturated heterocycles. The van der Waals surface area contributed by atoms with Crippen molar-refractivity contribution in [2.24, 2.45) is 0 Å². The van der Waals surface area contributed by atoms with Crippen LogP contribution >= 0.6 is 46.4 Å². The first-order valence-corrected chi connectivity index (χ1v) is 8.70. The van der Waals surface area contributed by atoms with Crippen LogP contribution in [0.3, 0.4) is 0 Å². The van der Waals surface area contributed by atoms with Crippen LogP contribution in [0.2, 0.25) is 15.1 Å². The zero-order chi connectivity index (χ0) is 16.0. The summed E-state index contributed by atoms with van der Waals surface area (Å²) in [7, 11) is 0. The first kappa shape index (κ1) is 16.4. The van der Waals surface area contributed by atoms with Crippen LogP contribution in [-0.2, 0) is 0 Å². The van der Waals surface area contributed by atoms with Gasteiger partial charge in [0.15, 0.2) is 0 Å². The van der Waals surface area contributed by atoms with Crippen LogP contribution in [0, 0.1) is 0 Å². The van der Waals surface area contributed by atoms with Gasteiger partial charge in [-0.3, -0.25) is 14.5 Å². The van der Waals surface area contributed by atoms with Gasteiger partial charge in [-0.25, -0.2) is 0 Å². The zero-order valence-electron chi connectivity index (χ0n) is 11.5. The molecule has 118 valence electrons. The molecule has 0 aromatic heterocycles. The fraction of sp³-hybridized carbons (Fsp3) is 0.467. The summed E-state index contributed by atoms with van der Waals surface area (Å²) in [5.74, 6) is -0.820. The molecular formula is C15H13Cl4NO2. The second-order valence-corrected chi connectivity index (χ2v) is 7.33. The molecule has 1 aliphatic heterocycles. The van der Waals surface area contributed by atoms with Crippen molar-refractivity contribution in [3.8, 4) is 0 Å². The molecule has 1 heterocycles. The van der Waals surface area contributed by atoms with Crippen molar-refractivity contribution >= 4 is 58.2 Å². The minimum Gasteiger partial charge on any atom is -0.270 e. The van der Waals surface area contributed by atoms with Gasteiger partial charge in [-0.2, -0.15) is 0 Å². The molecule has 0 radical (unpaired) electrons. The molecule has 7 heteroatoms. The minimum absolute atomic E-state index is 0.0322. The zero-order valence-corrected chi connectivity index (χ0v) is 14.6.